The Kier molecular flexibility index (Phi) is 4.58. The lowest BCUT2D eigenvalue weighted by Gasteiger charge is -2.01. The summed E-state index contributed by atoms with van der Waals surface area (Å²) in [4.78, 5) is 4.16. The number of nitrogens with one attached hydrogen (secondary N) is 1. The first-order chi connectivity index (χ1) is 9.78. The van der Waals surface area contributed by atoms with Gasteiger partial charge in [0.05, 0.1) is 13.7 Å². The monoisotopic (exact) mass is 273 g/mol. The van der Waals surface area contributed by atoms with Gasteiger partial charge in [0, 0.05) is 19.2 Å². The van der Waals surface area contributed by atoms with Gasteiger partial charge in [-0.2, -0.15) is 10.2 Å². The van der Waals surface area contributed by atoms with Crippen LogP contribution in [0.2, 0.25) is 0 Å². The minimum absolute atomic E-state index is 0.229. The van der Waals surface area contributed by atoms with Crippen molar-refractivity contribution in [1.29, 1.82) is 5.26 Å². The average molecular weight is 273 g/mol. The third-order valence-electron chi connectivity index (χ3n) is 2.66. The molecule has 0 aliphatic heterocycles. The number of benzene rings is 1. The van der Waals surface area contributed by atoms with Crippen molar-refractivity contribution in [3.63, 3.8) is 0 Å². The maximum Gasteiger partial charge on any atom is 0.232 e. The molecule has 1 aromatic heterocycles. The van der Waals surface area contributed by atoms with Crippen molar-refractivity contribution in [2.24, 2.45) is 0 Å². The van der Waals surface area contributed by atoms with Crippen molar-refractivity contribution in [1.82, 2.24) is 4.98 Å². The minimum atomic E-state index is 0.229. The van der Waals surface area contributed by atoms with Crippen LogP contribution in [0.4, 0.5) is 5.88 Å². The molecule has 0 bridgehead atoms. The van der Waals surface area contributed by atoms with Crippen molar-refractivity contribution in [3.05, 3.63) is 30.0 Å². The van der Waals surface area contributed by atoms with E-state index < -0.39 is 0 Å². The number of oxazole rings is 1. The van der Waals surface area contributed by atoms with Crippen molar-refractivity contribution in [3.8, 4) is 23.3 Å². The van der Waals surface area contributed by atoms with Crippen LogP contribution in [0.3, 0.4) is 0 Å². The summed E-state index contributed by atoms with van der Waals surface area (Å²) in [5.41, 5.74) is 1.01. The van der Waals surface area contributed by atoms with Crippen LogP contribution in [0, 0.1) is 11.3 Å². The molecule has 0 radical (unpaired) electrons. The second-order valence-corrected chi connectivity index (χ2v) is 3.96. The molecule has 1 N–H and O–H groups in total. The molecule has 0 fully saturated rings. The third kappa shape index (κ3) is 3.08. The van der Waals surface area contributed by atoms with Crippen LogP contribution in [0.15, 0.2) is 28.7 Å². The van der Waals surface area contributed by atoms with Gasteiger partial charge in [0.1, 0.15) is 11.8 Å². The summed E-state index contributed by atoms with van der Waals surface area (Å²) < 4.78 is 15.6. The Morgan fingerprint density at radius 3 is 2.65 bits per heavy atom. The molecule has 1 aromatic carbocycles. The van der Waals surface area contributed by atoms with Crippen LogP contribution < -0.4 is 10.1 Å². The maximum absolute atomic E-state index is 9.05. The first-order valence-electron chi connectivity index (χ1n) is 6.06. The fraction of sp³-hybridized carbons (Fsp3) is 0.286. The molecule has 0 aliphatic rings. The Bertz CT molecular complexity index is 599. The van der Waals surface area contributed by atoms with Gasteiger partial charge in [0.25, 0.3) is 0 Å². The smallest absolute Gasteiger partial charge is 0.232 e. The van der Waals surface area contributed by atoms with Gasteiger partial charge in [-0.1, -0.05) is 0 Å². The van der Waals surface area contributed by atoms with Crippen LogP contribution >= 0.6 is 0 Å². The zero-order valence-corrected chi connectivity index (χ0v) is 11.3. The maximum atomic E-state index is 9.05. The predicted molar refractivity (Wildman–Crippen MR) is 73.6 cm³/mol. The van der Waals surface area contributed by atoms with Gasteiger partial charge < -0.3 is 19.2 Å². The highest BCUT2D eigenvalue weighted by atomic mass is 16.5. The first kappa shape index (κ1) is 13.9. The minimum Gasteiger partial charge on any atom is -0.497 e. The molecule has 0 atom stereocenters. The molecule has 6 heteroatoms. The molecular formula is C14H15N3O3. The van der Waals surface area contributed by atoms with E-state index in [1.54, 1.807) is 14.2 Å². The lowest BCUT2D eigenvalue weighted by atomic mass is 10.2. The summed E-state index contributed by atoms with van der Waals surface area (Å²) in [7, 11) is 3.21. The second-order valence-electron chi connectivity index (χ2n) is 3.96. The molecule has 1 heterocycles. The van der Waals surface area contributed by atoms with Gasteiger partial charge in [-0.05, 0) is 24.3 Å². The Morgan fingerprint density at radius 2 is 2.05 bits per heavy atom. The number of methoxy groups -OCH3 is 2. The van der Waals surface area contributed by atoms with Crippen LogP contribution in [0.5, 0.6) is 5.75 Å². The molecule has 2 aromatic rings. The largest absolute Gasteiger partial charge is 0.497 e. The number of nitrogens with zero attached hydrogens (tertiary/aromatic N) is 2. The number of anilines is 1. The van der Waals surface area contributed by atoms with E-state index in [1.807, 2.05) is 30.3 Å². The molecule has 0 spiro atoms. The number of hydrogen-bond acceptors (Lipinski definition) is 6. The Balaban J connectivity index is 2.21. The fourth-order valence-corrected chi connectivity index (χ4v) is 1.64. The van der Waals surface area contributed by atoms with Crippen molar-refractivity contribution in [2.45, 2.75) is 0 Å². The molecule has 0 aliphatic carbocycles. The molecule has 0 unspecified atom stereocenters. The first-order valence-corrected chi connectivity index (χ1v) is 6.06. The summed E-state index contributed by atoms with van der Waals surface area (Å²) in [5.74, 6) is 1.50. The van der Waals surface area contributed by atoms with E-state index in [-0.39, 0.29) is 5.69 Å². The lowest BCUT2D eigenvalue weighted by molar-refractivity contribution is 0.210. The summed E-state index contributed by atoms with van der Waals surface area (Å²) >= 11 is 0. The highest BCUT2D eigenvalue weighted by Gasteiger charge is 2.14. The Labute approximate surface area is 116 Å². The summed E-state index contributed by atoms with van der Waals surface area (Å²) in [6.07, 6.45) is 0. The fourth-order valence-electron chi connectivity index (χ4n) is 1.64. The normalized spacial score (nSPS) is 10.1. The second kappa shape index (κ2) is 6.59. The number of ether oxygens (including phenoxy) is 2. The van der Waals surface area contributed by atoms with E-state index in [4.69, 9.17) is 19.2 Å². The van der Waals surface area contributed by atoms with Crippen LogP contribution in [-0.4, -0.2) is 32.4 Å². The van der Waals surface area contributed by atoms with Crippen LogP contribution in [0.1, 0.15) is 5.69 Å². The number of nitriles is 1. The van der Waals surface area contributed by atoms with Gasteiger partial charge in [-0.25, -0.2) is 0 Å². The van der Waals surface area contributed by atoms with Gasteiger partial charge in [0.15, 0.2) is 0 Å². The van der Waals surface area contributed by atoms with Gasteiger partial charge in [-0.3, -0.25) is 0 Å². The highest BCUT2D eigenvalue weighted by molar-refractivity contribution is 5.59. The van der Waals surface area contributed by atoms with Crippen molar-refractivity contribution < 1.29 is 13.9 Å². The highest BCUT2D eigenvalue weighted by Crippen LogP contribution is 2.26. The molecular weight excluding hydrogens is 258 g/mol. The number of hydrogen-bond donors (Lipinski definition) is 1. The topological polar surface area (TPSA) is 80.3 Å². The molecule has 2 rings (SSSR count). The van der Waals surface area contributed by atoms with Gasteiger partial charge in [-0.15, -0.1) is 0 Å². The van der Waals surface area contributed by atoms with E-state index in [0.717, 1.165) is 11.3 Å². The van der Waals surface area contributed by atoms with Gasteiger partial charge in [0.2, 0.25) is 17.5 Å². The SMILES string of the molecule is COCCNc1oc(-c2ccc(OC)cc2)nc1C#N. The summed E-state index contributed by atoms with van der Waals surface area (Å²) in [6.45, 7) is 1.06. The molecule has 104 valence electrons. The standard InChI is InChI=1S/C14H15N3O3/c1-18-8-7-16-14-12(9-15)17-13(20-14)10-3-5-11(19-2)6-4-10/h3-6,16H,7-8H2,1-2H3. The number of aromatic nitrogens is 1. The summed E-state index contributed by atoms with van der Waals surface area (Å²) in [6, 6.07) is 9.27. The van der Waals surface area contributed by atoms with E-state index in [0.29, 0.717) is 24.9 Å². The predicted octanol–water partition coefficient (Wildman–Crippen LogP) is 2.28. The Morgan fingerprint density at radius 1 is 1.30 bits per heavy atom. The van der Waals surface area contributed by atoms with Crippen LogP contribution in [0.25, 0.3) is 11.5 Å². The van der Waals surface area contributed by atoms with E-state index in [1.165, 1.54) is 0 Å². The zero-order chi connectivity index (χ0) is 14.4. The number of rotatable bonds is 6. The van der Waals surface area contributed by atoms with Crippen molar-refractivity contribution >= 4 is 5.88 Å². The van der Waals surface area contributed by atoms with Crippen LogP contribution in [-0.2, 0) is 4.74 Å². The molecule has 0 amide bonds. The van der Waals surface area contributed by atoms with Gasteiger partial charge >= 0.3 is 0 Å². The summed E-state index contributed by atoms with van der Waals surface area (Å²) in [5, 5.41) is 12.0. The zero-order valence-electron chi connectivity index (χ0n) is 11.3. The molecule has 6 nitrogen and oxygen atoms in total. The van der Waals surface area contributed by atoms with E-state index >= 15 is 0 Å². The van der Waals surface area contributed by atoms with E-state index in [2.05, 4.69) is 10.3 Å². The third-order valence-corrected chi connectivity index (χ3v) is 2.66. The molecule has 20 heavy (non-hydrogen) atoms. The lowest BCUT2D eigenvalue weighted by Crippen LogP contribution is -2.07. The quantitative estimate of drug-likeness (QED) is 0.813. The van der Waals surface area contributed by atoms with Crippen molar-refractivity contribution in [2.75, 3.05) is 32.7 Å². The molecule has 0 saturated carbocycles. The average Bonchev–Trinajstić information content (AvgIpc) is 2.91. The Hall–Kier alpha value is -2.52. The van der Waals surface area contributed by atoms with E-state index in [9.17, 15) is 0 Å². The molecule has 0 saturated heterocycles.